The van der Waals surface area contributed by atoms with Crippen molar-refractivity contribution in [1.82, 2.24) is 5.32 Å². The van der Waals surface area contributed by atoms with Gasteiger partial charge in [0, 0.05) is 6.42 Å². The minimum Gasteiger partial charge on any atom is -0.394 e. The summed E-state index contributed by atoms with van der Waals surface area (Å²) in [6.07, 6.45) is 21.6. The van der Waals surface area contributed by atoms with Crippen molar-refractivity contribution in [2.75, 3.05) is 19.8 Å². The average molecular weight is 886 g/mol. The van der Waals surface area contributed by atoms with E-state index in [1.54, 1.807) is 0 Å². The van der Waals surface area contributed by atoms with Crippen molar-refractivity contribution in [3.63, 3.8) is 0 Å². The fourth-order valence-electron chi connectivity index (χ4n) is 7.83. The molecule has 12 atom stereocenters. The highest BCUT2D eigenvalue weighted by molar-refractivity contribution is 5.76. The number of rotatable bonds is 36. The van der Waals surface area contributed by atoms with E-state index in [1.165, 1.54) is 57.8 Å². The van der Waals surface area contributed by atoms with Gasteiger partial charge in [0.25, 0.3) is 0 Å². The van der Waals surface area contributed by atoms with Crippen LogP contribution in [0.1, 0.15) is 168 Å². The lowest BCUT2D eigenvalue weighted by Gasteiger charge is -2.46. The van der Waals surface area contributed by atoms with Crippen LogP contribution in [0, 0.1) is 0 Å². The summed E-state index contributed by atoms with van der Waals surface area (Å²) in [5.41, 5.74) is 0. The molecule has 2 aliphatic rings. The van der Waals surface area contributed by atoms with Gasteiger partial charge in [-0.25, -0.2) is 0 Å². The Labute approximate surface area is 372 Å². The highest BCUT2D eigenvalue weighted by atomic mass is 16.7. The van der Waals surface area contributed by atoms with E-state index in [1.807, 2.05) is 0 Å². The van der Waals surface area contributed by atoms with Gasteiger partial charge in [-0.2, -0.15) is 0 Å². The second kappa shape index (κ2) is 35.5. The first-order valence-electron chi connectivity index (χ1n) is 24.2. The van der Waals surface area contributed by atoms with Gasteiger partial charge in [0.2, 0.25) is 5.91 Å². The minimum atomic E-state index is -1.78. The number of ether oxygens (including phenoxy) is 4. The van der Waals surface area contributed by atoms with Crippen molar-refractivity contribution in [2.45, 2.75) is 242 Å². The molecule has 14 heteroatoms. The number of carbonyl (C=O) groups excluding carboxylic acids is 1. The standard InChI is InChI=1S/C48H87NO13/c1-3-5-7-9-11-13-14-15-16-17-18-19-20-21-22-24-26-28-30-32-40(53)49-36(37(52)31-29-27-25-23-12-10-8-6-4-2)35-59-47-45(58)43(56)46(39(34-51)61-47)62-48-44(57)42(55)41(54)38(33-50)60-48/h11,13,15-16,18-19,36-39,41-48,50-52,54-58H,3-10,12,14,17,20-35H2,1-2H3,(H,49,53)/b13-11-,16-15-,19-18-. The van der Waals surface area contributed by atoms with Gasteiger partial charge in [-0.15, -0.1) is 0 Å². The number of nitrogens with one attached hydrogen (secondary N) is 1. The van der Waals surface area contributed by atoms with Crippen LogP contribution < -0.4 is 5.32 Å². The average Bonchev–Trinajstić information content (AvgIpc) is 3.27. The number of aliphatic hydroxyl groups is 8. The maximum absolute atomic E-state index is 13.1. The highest BCUT2D eigenvalue weighted by Gasteiger charge is 2.51. The molecule has 0 aliphatic carbocycles. The summed E-state index contributed by atoms with van der Waals surface area (Å²) >= 11 is 0. The van der Waals surface area contributed by atoms with Gasteiger partial charge in [0.05, 0.1) is 32.0 Å². The van der Waals surface area contributed by atoms with Crippen molar-refractivity contribution in [3.8, 4) is 0 Å². The number of allylic oxidation sites excluding steroid dienone is 6. The second-order valence-electron chi connectivity index (χ2n) is 17.2. The SMILES string of the molecule is CCCCC/C=C\C/C=C\C/C=C\CCCCCCCCC(=O)NC(COC1OC(CO)C(OC2OC(CO)C(O)C(O)C2O)C(O)C1O)C(O)CCCCCCCCCCC. The summed E-state index contributed by atoms with van der Waals surface area (Å²) in [6, 6.07) is -0.833. The summed E-state index contributed by atoms with van der Waals surface area (Å²) in [5.74, 6) is -0.224. The lowest BCUT2D eigenvalue weighted by molar-refractivity contribution is -0.359. The zero-order valence-electron chi connectivity index (χ0n) is 38.1. The molecule has 0 aromatic heterocycles. The van der Waals surface area contributed by atoms with Crippen molar-refractivity contribution >= 4 is 5.91 Å². The molecule has 1 amide bonds. The van der Waals surface area contributed by atoms with Gasteiger partial charge in [-0.05, 0) is 51.4 Å². The number of unbranched alkanes of at least 4 members (excludes halogenated alkanes) is 17. The van der Waals surface area contributed by atoms with Crippen LogP contribution in [0.5, 0.6) is 0 Å². The Kier molecular flexibility index (Phi) is 32.2. The lowest BCUT2D eigenvalue weighted by atomic mass is 9.97. The molecule has 62 heavy (non-hydrogen) atoms. The molecule has 2 saturated heterocycles. The fraction of sp³-hybridized carbons (Fsp3) is 0.854. The summed E-state index contributed by atoms with van der Waals surface area (Å²) < 4.78 is 22.7. The van der Waals surface area contributed by atoms with E-state index < -0.39 is 86.8 Å². The quantitative estimate of drug-likeness (QED) is 0.0279. The van der Waals surface area contributed by atoms with Gasteiger partial charge in [-0.3, -0.25) is 4.79 Å². The zero-order valence-corrected chi connectivity index (χ0v) is 38.1. The van der Waals surface area contributed by atoms with E-state index in [-0.39, 0.29) is 18.9 Å². The number of hydrogen-bond donors (Lipinski definition) is 9. The fourth-order valence-corrected chi connectivity index (χ4v) is 7.83. The first-order valence-corrected chi connectivity index (χ1v) is 24.2. The molecule has 9 N–H and O–H groups in total. The van der Waals surface area contributed by atoms with Crippen LogP contribution in [0.25, 0.3) is 0 Å². The molecule has 2 aliphatic heterocycles. The van der Waals surface area contributed by atoms with Crippen LogP contribution in [0.3, 0.4) is 0 Å². The first-order chi connectivity index (χ1) is 30.1. The van der Waals surface area contributed by atoms with Crippen LogP contribution in [-0.2, 0) is 23.7 Å². The van der Waals surface area contributed by atoms with Crippen LogP contribution in [0.4, 0.5) is 0 Å². The number of hydrogen-bond acceptors (Lipinski definition) is 13. The van der Waals surface area contributed by atoms with Crippen LogP contribution in [0.2, 0.25) is 0 Å². The van der Waals surface area contributed by atoms with E-state index in [0.29, 0.717) is 12.8 Å². The van der Waals surface area contributed by atoms with Gasteiger partial charge < -0.3 is 65.1 Å². The van der Waals surface area contributed by atoms with Crippen LogP contribution in [-0.4, -0.2) is 140 Å². The van der Waals surface area contributed by atoms with Crippen molar-refractivity contribution in [2.24, 2.45) is 0 Å². The molecule has 2 fully saturated rings. The number of carbonyl (C=O) groups is 1. The molecule has 0 saturated carbocycles. The monoisotopic (exact) mass is 886 g/mol. The number of aliphatic hydroxyl groups excluding tert-OH is 8. The van der Waals surface area contributed by atoms with Crippen molar-refractivity contribution < 1.29 is 64.6 Å². The summed E-state index contributed by atoms with van der Waals surface area (Å²) in [5, 5.41) is 86.6. The largest absolute Gasteiger partial charge is 0.394 e. The highest BCUT2D eigenvalue weighted by Crippen LogP contribution is 2.30. The number of amides is 1. The predicted molar refractivity (Wildman–Crippen MR) is 240 cm³/mol. The third kappa shape index (κ3) is 22.9. The molecule has 0 bridgehead atoms. The van der Waals surface area contributed by atoms with Crippen LogP contribution >= 0.6 is 0 Å². The molecular formula is C48H87NO13. The zero-order chi connectivity index (χ0) is 45.4. The van der Waals surface area contributed by atoms with Crippen molar-refractivity contribution in [3.05, 3.63) is 36.5 Å². The van der Waals surface area contributed by atoms with Crippen LogP contribution in [0.15, 0.2) is 36.5 Å². The molecule has 2 heterocycles. The molecule has 14 nitrogen and oxygen atoms in total. The molecule has 362 valence electrons. The topological polar surface area (TPSA) is 228 Å². The van der Waals surface area contributed by atoms with E-state index in [9.17, 15) is 45.6 Å². The van der Waals surface area contributed by atoms with Gasteiger partial charge in [0.1, 0.15) is 48.8 Å². The maximum atomic E-state index is 13.1. The summed E-state index contributed by atoms with van der Waals surface area (Å²) in [6.45, 7) is 2.76. The molecule has 0 radical (unpaired) electrons. The summed E-state index contributed by atoms with van der Waals surface area (Å²) in [7, 11) is 0. The lowest BCUT2D eigenvalue weighted by Crippen LogP contribution is -2.65. The molecule has 2 rings (SSSR count). The normalized spacial score (nSPS) is 28.0. The molecule has 0 aromatic rings. The molecule has 12 unspecified atom stereocenters. The Bertz CT molecular complexity index is 1190. The molecular weight excluding hydrogens is 799 g/mol. The van der Waals surface area contributed by atoms with Gasteiger partial charge in [-0.1, -0.05) is 147 Å². The Hall–Kier alpha value is -1.79. The van der Waals surface area contributed by atoms with Gasteiger partial charge in [0.15, 0.2) is 12.6 Å². The third-order valence-electron chi connectivity index (χ3n) is 11.9. The van der Waals surface area contributed by atoms with E-state index in [4.69, 9.17) is 18.9 Å². The summed E-state index contributed by atoms with van der Waals surface area (Å²) in [4.78, 5) is 13.1. The van der Waals surface area contributed by atoms with Crippen molar-refractivity contribution in [1.29, 1.82) is 0 Å². The third-order valence-corrected chi connectivity index (χ3v) is 11.9. The Morgan fingerprint density at radius 3 is 1.66 bits per heavy atom. The molecule has 0 spiro atoms. The maximum Gasteiger partial charge on any atom is 0.220 e. The Morgan fingerprint density at radius 1 is 0.581 bits per heavy atom. The minimum absolute atomic E-state index is 0.224. The Morgan fingerprint density at radius 2 is 1.06 bits per heavy atom. The second-order valence-corrected chi connectivity index (χ2v) is 17.2. The molecule has 0 aromatic carbocycles. The van der Waals surface area contributed by atoms with E-state index in [0.717, 1.165) is 77.0 Å². The van der Waals surface area contributed by atoms with E-state index in [2.05, 4.69) is 55.6 Å². The first kappa shape index (κ1) is 56.3. The Balaban J connectivity index is 1.82. The smallest absolute Gasteiger partial charge is 0.220 e. The predicted octanol–water partition coefficient (Wildman–Crippen LogP) is 5.54. The van der Waals surface area contributed by atoms with E-state index >= 15 is 0 Å². The van der Waals surface area contributed by atoms with Gasteiger partial charge >= 0.3 is 0 Å².